The van der Waals surface area contributed by atoms with Crippen molar-refractivity contribution in [2.45, 2.75) is 45.6 Å². The Morgan fingerprint density at radius 1 is 0.824 bits per heavy atom. The number of benzene rings is 3. The number of thiazole rings is 2. The van der Waals surface area contributed by atoms with E-state index in [-0.39, 0.29) is 80.4 Å². The summed E-state index contributed by atoms with van der Waals surface area (Å²) in [6.45, 7) is 3.56. The van der Waals surface area contributed by atoms with Crippen LogP contribution in [0.1, 0.15) is 43.7 Å². The molecule has 0 aliphatic carbocycles. The van der Waals surface area contributed by atoms with Crippen molar-refractivity contribution in [2.75, 3.05) is 64.5 Å². The summed E-state index contributed by atoms with van der Waals surface area (Å²) in [5.74, 6) is 0.418. The van der Waals surface area contributed by atoms with E-state index in [1.807, 2.05) is 6.07 Å². The average molecular weight is 996 g/mol. The van der Waals surface area contributed by atoms with E-state index in [4.69, 9.17) is 20.3 Å². The van der Waals surface area contributed by atoms with E-state index < -0.39 is 19.2 Å². The van der Waals surface area contributed by atoms with Crippen molar-refractivity contribution in [3.8, 4) is 11.5 Å². The molecule has 3 N–H and O–H groups in total. The number of urea groups is 2. The predicted molar refractivity (Wildman–Crippen MR) is 243 cm³/mol. The maximum absolute atomic E-state index is 13.6. The van der Waals surface area contributed by atoms with E-state index in [0.29, 0.717) is 96.7 Å². The molecule has 0 spiro atoms. The van der Waals surface area contributed by atoms with Crippen LogP contribution < -0.4 is 59.9 Å². The minimum absolute atomic E-state index is 0. The third-order valence-electron chi connectivity index (χ3n) is 9.47. The number of methoxy groups -OCH3 is 2. The van der Waals surface area contributed by atoms with Crippen molar-refractivity contribution in [1.82, 2.24) is 30.4 Å². The number of amides is 6. The second kappa shape index (κ2) is 28.3. The molecular weight excluding hydrogens is 945 g/mol. The van der Waals surface area contributed by atoms with Gasteiger partial charge in [-0.2, -0.15) is 0 Å². The van der Waals surface area contributed by atoms with Crippen LogP contribution >= 0.6 is 22.7 Å². The molecule has 3 aliphatic rings. The molecule has 3 aliphatic heterocycles. The number of nitrogens with one attached hydrogen (secondary N) is 3. The normalized spacial score (nSPS) is 13.6. The number of rotatable bonds is 14. The molecule has 0 atom stereocenters. The number of cyclic esters (lactones) is 3. The molecule has 0 saturated carbocycles. The molecule has 360 valence electrons. The quantitative estimate of drug-likeness (QED) is 0.0785. The molecule has 18 nitrogen and oxygen atoms in total. The second-order valence-electron chi connectivity index (χ2n) is 14.2. The molecule has 5 heterocycles. The Bertz CT molecular complexity index is 2470. The Balaban J connectivity index is 0.000000319. The molecule has 0 unspecified atom stereocenters. The minimum Gasteiger partial charge on any atom is -1.00 e. The fraction of sp³-hybridized carbons (Fsp3) is 0.341. The number of hydrogen-bond donors (Lipinski definition) is 3. The van der Waals surface area contributed by atoms with E-state index in [1.165, 1.54) is 51.8 Å². The molecule has 0 bridgehead atoms. The van der Waals surface area contributed by atoms with Gasteiger partial charge in [-0.1, -0.05) is 24.3 Å². The van der Waals surface area contributed by atoms with E-state index in [2.05, 4.69) is 30.7 Å². The van der Waals surface area contributed by atoms with Gasteiger partial charge in [-0.05, 0) is 53.9 Å². The van der Waals surface area contributed by atoms with Gasteiger partial charge in [0.05, 0.1) is 73.5 Å². The molecule has 3 fully saturated rings. The molecule has 5 aromatic rings. The molecule has 0 radical (unpaired) electrons. The Hall–Kier alpha value is -6.14. The minimum atomic E-state index is -1.00. The van der Waals surface area contributed by atoms with Crippen molar-refractivity contribution >= 4 is 63.2 Å². The summed E-state index contributed by atoms with van der Waals surface area (Å²) in [6, 6.07) is 16.6. The number of esters is 1. The maximum atomic E-state index is 13.6. The first kappa shape index (κ1) is 52.8. The zero-order valence-corrected chi connectivity index (χ0v) is 41.1. The molecule has 3 saturated heterocycles. The first-order valence-corrected chi connectivity index (χ1v) is 22.2. The van der Waals surface area contributed by atoms with Crippen LogP contribution in [0.2, 0.25) is 0 Å². The number of nitrogens with zero attached hydrogens (tertiary/aromatic N) is 5. The van der Waals surface area contributed by atoms with Crippen LogP contribution in [-0.4, -0.2) is 104 Å². The number of hydrogen-bond acceptors (Lipinski definition) is 14. The smallest absolute Gasteiger partial charge is 1.00 e. The Labute approximate surface area is 423 Å². The standard InChI is InChI=1S/C24H25FN4O5S.C15H15FN4O3S.C4H6O2.CH3F.Na.H/c1-32-20-7-6-17(21(11-20)33-2)13-29(22(30)26-12-16-4-3-5-18(25)10-16)23-27-19(15-35-23)14-28-8-9-34-24(28)31;16-11-3-1-2-10(6-11)7-17-13(21)19-14-18-12(9-24-14)8-20-4-5-23-15(20)22;5-4-2-1-3-6-4;1-2;;/h3-7,10-11,15H,8-9,12-14H2,1-2H3,(H,26,30);1-3,6,9H,4-5,7-8H2,(H2,17,18,19,21);1-3H2;1H3;;/q;;;;+1;-1/i;;;1D;;. The molecule has 8 rings (SSSR count). The largest absolute Gasteiger partial charge is 1.00 e. The number of halogens is 3. The summed E-state index contributed by atoms with van der Waals surface area (Å²) in [5, 5.41) is 12.5. The summed E-state index contributed by atoms with van der Waals surface area (Å²) >= 11 is 2.55. The van der Waals surface area contributed by atoms with Crippen LogP contribution in [0.4, 0.5) is 42.6 Å². The summed E-state index contributed by atoms with van der Waals surface area (Å²) in [7, 11) is 2.11. The first-order chi connectivity index (χ1) is 32.9. The SMILES string of the molecule is COc1ccc(CN(C(=O)NCc2cccc(F)c2)c2nc(CN3CCOC3=O)cs2)c(OC)c1.O=C(NCc1cccc(F)c1)Nc1nc(CN2CCOC2=O)cs1.O=C1CCCO1.[2H]CF.[H-].[Na+]. The van der Waals surface area contributed by atoms with Crippen molar-refractivity contribution in [3.63, 3.8) is 0 Å². The van der Waals surface area contributed by atoms with Gasteiger partial charge in [0.1, 0.15) is 36.3 Å². The van der Waals surface area contributed by atoms with Crippen LogP contribution in [0.3, 0.4) is 0 Å². The Morgan fingerprint density at radius 3 is 1.94 bits per heavy atom. The van der Waals surface area contributed by atoms with Gasteiger partial charge >= 0.3 is 59.8 Å². The number of anilines is 2. The predicted octanol–water partition coefficient (Wildman–Crippen LogP) is 4.75. The van der Waals surface area contributed by atoms with Gasteiger partial charge in [-0.15, -0.1) is 22.7 Å². The van der Waals surface area contributed by atoms with Crippen LogP contribution in [0.15, 0.2) is 77.5 Å². The monoisotopic (exact) mass is 995 g/mol. The molecule has 3 aromatic carbocycles. The van der Waals surface area contributed by atoms with E-state index >= 15 is 0 Å². The van der Waals surface area contributed by atoms with Crippen molar-refractivity contribution < 1.29 is 93.2 Å². The molecule has 2 aromatic heterocycles. The number of carbonyl (C=O) groups excluding carboxylic acids is 5. The molecule has 24 heteroatoms. The van der Waals surface area contributed by atoms with E-state index in [0.717, 1.165) is 12.0 Å². The van der Waals surface area contributed by atoms with Crippen LogP contribution in [-0.2, 0) is 51.7 Å². The third-order valence-corrected chi connectivity index (χ3v) is 11.2. The first-order valence-electron chi connectivity index (χ1n) is 21.1. The maximum Gasteiger partial charge on any atom is 1.00 e. The summed E-state index contributed by atoms with van der Waals surface area (Å²) < 4.78 is 67.2. The Morgan fingerprint density at radius 2 is 1.43 bits per heavy atom. The zero-order valence-electron chi connectivity index (χ0n) is 39.5. The van der Waals surface area contributed by atoms with Gasteiger partial charge in [0.15, 0.2) is 10.3 Å². The number of carbonyl (C=O) groups is 5. The molecule has 6 amide bonds. The number of ether oxygens (including phenoxy) is 5. The summed E-state index contributed by atoms with van der Waals surface area (Å²) in [6.07, 6.45) is 0.802. The van der Waals surface area contributed by atoms with Gasteiger partial charge in [-0.25, -0.2) is 37.9 Å². The second-order valence-corrected chi connectivity index (χ2v) is 15.8. The van der Waals surface area contributed by atoms with Crippen molar-refractivity contribution in [2.24, 2.45) is 0 Å². The van der Waals surface area contributed by atoms with Crippen LogP contribution in [0.25, 0.3) is 0 Å². The van der Waals surface area contributed by atoms with E-state index in [9.17, 15) is 37.1 Å². The summed E-state index contributed by atoms with van der Waals surface area (Å²) in [5.41, 5.74) is 3.37. The van der Waals surface area contributed by atoms with Gasteiger partial charge in [0, 0.05) is 41.9 Å². The van der Waals surface area contributed by atoms with Crippen molar-refractivity contribution in [3.05, 3.63) is 117 Å². The van der Waals surface area contributed by atoms with Gasteiger partial charge in [0.2, 0.25) is 0 Å². The van der Waals surface area contributed by atoms with Crippen LogP contribution in [0.5, 0.6) is 11.5 Å². The van der Waals surface area contributed by atoms with Gasteiger partial charge in [-0.3, -0.25) is 29.2 Å². The molecular formula is C44H50F3N8NaO10S2. The number of aromatic nitrogens is 2. The van der Waals surface area contributed by atoms with Gasteiger partial charge < -0.3 is 35.7 Å². The summed E-state index contributed by atoms with van der Waals surface area (Å²) in [4.78, 5) is 71.7. The topological polar surface area (TPSA) is 203 Å². The van der Waals surface area contributed by atoms with Crippen LogP contribution in [0, 0.1) is 11.6 Å². The fourth-order valence-corrected chi connectivity index (χ4v) is 7.71. The molecule has 68 heavy (non-hydrogen) atoms. The number of alkyl halides is 1. The van der Waals surface area contributed by atoms with E-state index in [1.54, 1.807) is 71.2 Å². The van der Waals surface area contributed by atoms with Gasteiger partial charge in [0.25, 0.3) is 0 Å². The van der Waals surface area contributed by atoms with Crippen molar-refractivity contribution in [1.29, 1.82) is 0 Å². The Kier molecular flexibility index (Phi) is 21.9. The zero-order chi connectivity index (χ0) is 48.8. The third kappa shape index (κ3) is 17.2. The average Bonchev–Trinajstić information content (AvgIpc) is 4.21. The fourth-order valence-electron chi connectivity index (χ4n) is 6.20.